The number of urea groups is 1. The quantitative estimate of drug-likeness (QED) is 0.736. The average molecular weight is 378 g/mol. The van der Waals surface area contributed by atoms with E-state index < -0.39 is 17.9 Å². The lowest BCUT2D eigenvalue weighted by Crippen LogP contribution is -2.48. The number of carbonyl (C=O) groups is 3. The standard InChI is InChI=1S/C19H26N2O6/c1-12-6-4-5-7-14(12)20-19(24)21-17(22)11-27-15-9-8-13(18(23)26-3)10-16(15)25-2/h8-10,12,14H,4-7,11H2,1-3H3,(H2,20,21,22,24)/t12-,14+/m1/s1. The van der Waals surface area contributed by atoms with Crippen molar-refractivity contribution >= 4 is 17.9 Å². The lowest BCUT2D eigenvalue weighted by atomic mass is 9.86. The molecular formula is C19H26N2O6. The fourth-order valence-corrected chi connectivity index (χ4v) is 3.07. The summed E-state index contributed by atoms with van der Waals surface area (Å²) in [5.41, 5.74) is 0.298. The number of carbonyl (C=O) groups excluding carboxylic acids is 3. The van der Waals surface area contributed by atoms with Crippen LogP contribution in [-0.4, -0.2) is 44.8 Å². The van der Waals surface area contributed by atoms with Crippen LogP contribution in [0.3, 0.4) is 0 Å². The second-order valence-corrected chi connectivity index (χ2v) is 6.54. The van der Waals surface area contributed by atoms with E-state index in [2.05, 4.69) is 22.3 Å². The summed E-state index contributed by atoms with van der Waals surface area (Å²) in [6.07, 6.45) is 4.24. The number of esters is 1. The first kappa shape index (κ1) is 20.5. The van der Waals surface area contributed by atoms with Crippen LogP contribution < -0.4 is 20.1 Å². The first-order valence-corrected chi connectivity index (χ1v) is 8.94. The van der Waals surface area contributed by atoms with E-state index in [9.17, 15) is 14.4 Å². The Morgan fingerprint density at radius 1 is 1.11 bits per heavy atom. The maximum Gasteiger partial charge on any atom is 0.337 e. The number of nitrogens with one attached hydrogen (secondary N) is 2. The smallest absolute Gasteiger partial charge is 0.337 e. The van der Waals surface area contributed by atoms with Crippen molar-refractivity contribution in [2.75, 3.05) is 20.8 Å². The normalized spacial score (nSPS) is 18.9. The molecule has 0 radical (unpaired) electrons. The van der Waals surface area contributed by atoms with Crippen molar-refractivity contribution in [3.05, 3.63) is 23.8 Å². The molecular weight excluding hydrogens is 352 g/mol. The van der Waals surface area contributed by atoms with Crippen LogP contribution in [0.4, 0.5) is 4.79 Å². The fraction of sp³-hybridized carbons (Fsp3) is 0.526. The van der Waals surface area contributed by atoms with Gasteiger partial charge in [0.2, 0.25) is 0 Å². The number of methoxy groups -OCH3 is 2. The van der Waals surface area contributed by atoms with Gasteiger partial charge in [0, 0.05) is 6.04 Å². The van der Waals surface area contributed by atoms with Gasteiger partial charge in [-0.05, 0) is 37.0 Å². The van der Waals surface area contributed by atoms with Gasteiger partial charge in [-0.15, -0.1) is 0 Å². The molecule has 0 aliphatic heterocycles. The second kappa shape index (κ2) is 9.80. The van der Waals surface area contributed by atoms with Gasteiger partial charge in [0.05, 0.1) is 19.8 Å². The molecule has 0 saturated heterocycles. The SMILES string of the molecule is COC(=O)c1ccc(OCC(=O)NC(=O)N[C@H]2CCCC[C@H]2C)c(OC)c1. The summed E-state index contributed by atoms with van der Waals surface area (Å²) in [5.74, 6) is -0.123. The molecule has 0 spiro atoms. The second-order valence-electron chi connectivity index (χ2n) is 6.54. The zero-order valence-electron chi connectivity index (χ0n) is 15.9. The summed E-state index contributed by atoms with van der Waals surface area (Å²) in [7, 11) is 2.70. The number of hydrogen-bond donors (Lipinski definition) is 2. The molecule has 27 heavy (non-hydrogen) atoms. The van der Waals surface area contributed by atoms with Crippen LogP contribution in [0.15, 0.2) is 18.2 Å². The lowest BCUT2D eigenvalue weighted by molar-refractivity contribution is -0.122. The van der Waals surface area contributed by atoms with Crippen molar-refractivity contribution in [3.63, 3.8) is 0 Å². The number of amides is 3. The fourth-order valence-electron chi connectivity index (χ4n) is 3.07. The summed E-state index contributed by atoms with van der Waals surface area (Å²) in [5, 5.41) is 5.11. The Labute approximate surface area is 158 Å². The summed E-state index contributed by atoms with van der Waals surface area (Å²) >= 11 is 0. The molecule has 0 bridgehead atoms. The van der Waals surface area contributed by atoms with Gasteiger partial charge in [-0.2, -0.15) is 0 Å². The highest BCUT2D eigenvalue weighted by atomic mass is 16.5. The predicted molar refractivity (Wildman–Crippen MR) is 97.9 cm³/mol. The van der Waals surface area contributed by atoms with E-state index >= 15 is 0 Å². The van der Waals surface area contributed by atoms with Crippen molar-refractivity contribution in [1.82, 2.24) is 10.6 Å². The van der Waals surface area contributed by atoms with Gasteiger partial charge in [0.25, 0.3) is 5.91 Å². The first-order chi connectivity index (χ1) is 12.9. The molecule has 1 fully saturated rings. The number of benzene rings is 1. The van der Waals surface area contributed by atoms with Crippen molar-refractivity contribution < 1.29 is 28.6 Å². The number of rotatable bonds is 6. The molecule has 148 valence electrons. The van der Waals surface area contributed by atoms with Crippen LogP contribution in [0.5, 0.6) is 11.5 Å². The van der Waals surface area contributed by atoms with Crippen molar-refractivity contribution in [2.45, 2.75) is 38.6 Å². The van der Waals surface area contributed by atoms with Crippen molar-refractivity contribution in [2.24, 2.45) is 5.92 Å². The molecule has 2 atom stereocenters. The molecule has 1 saturated carbocycles. The topological polar surface area (TPSA) is 103 Å². The molecule has 2 rings (SSSR count). The van der Waals surface area contributed by atoms with Gasteiger partial charge in [-0.1, -0.05) is 19.8 Å². The Hall–Kier alpha value is -2.77. The largest absolute Gasteiger partial charge is 0.493 e. The molecule has 3 amide bonds. The lowest BCUT2D eigenvalue weighted by Gasteiger charge is -2.29. The summed E-state index contributed by atoms with van der Waals surface area (Å²) < 4.78 is 15.2. The maximum atomic E-state index is 12.0. The Balaban J connectivity index is 1.85. The minimum absolute atomic E-state index is 0.0819. The molecule has 1 aliphatic carbocycles. The third-order valence-electron chi connectivity index (χ3n) is 4.62. The molecule has 0 aromatic heterocycles. The number of hydrogen-bond acceptors (Lipinski definition) is 6. The highest BCUT2D eigenvalue weighted by Gasteiger charge is 2.23. The minimum atomic E-state index is -0.574. The van der Waals surface area contributed by atoms with E-state index in [0.717, 1.165) is 19.3 Å². The zero-order valence-corrected chi connectivity index (χ0v) is 15.9. The highest BCUT2D eigenvalue weighted by molar-refractivity contribution is 5.95. The summed E-state index contributed by atoms with van der Waals surface area (Å²) in [6.45, 7) is 1.74. The Morgan fingerprint density at radius 3 is 2.52 bits per heavy atom. The monoisotopic (exact) mass is 378 g/mol. The number of imide groups is 1. The molecule has 1 aliphatic rings. The average Bonchev–Trinajstić information content (AvgIpc) is 2.67. The van der Waals surface area contributed by atoms with Gasteiger partial charge in [0.1, 0.15) is 0 Å². The van der Waals surface area contributed by atoms with E-state index in [1.54, 1.807) is 0 Å². The summed E-state index contributed by atoms with van der Waals surface area (Å²) in [4.78, 5) is 35.5. The highest BCUT2D eigenvalue weighted by Crippen LogP contribution is 2.28. The van der Waals surface area contributed by atoms with Crippen LogP contribution in [0.25, 0.3) is 0 Å². The Morgan fingerprint density at radius 2 is 1.85 bits per heavy atom. The molecule has 1 aromatic carbocycles. The molecule has 1 aromatic rings. The van der Waals surface area contributed by atoms with E-state index in [4.69, 9.17) is 9.47 Å². The zero-order chi connectivity index (χ0) is 19.8. The van der Waals surface area contributed by atoms with E-state index in [-0.39, 0.29) is 24.1 Å². The minimum Gasteiger partial charge on any atom is -0.493 e. The van der Waals surface area contributed by atoms with Crippen LogP contribution in [-0.2, 0) is 9.53 Å². The Kier molecular flexibility index (Phi) is 7.45. The molecule has 8 nitrogen and oxygen atoms in total. The molecule has 0 heterocycles. The van der Waals surface area contributed by atoms with E-state index in [1.807, 2.05) is 0 Å². The third kappa shape index (κ3) is 5.87. The molecule has 2 N–H and O–H groups in total. The van der Waals surface area contributed by atoms with Crippen LogP contribution in [0, 0.1) is 5.92 Å². The van der Waals surface area contributed by atoms with Crippen LogP contribution in [0.2, 0.25) is 0 Å². The molecule has 0 unspecified atom stereocenters. The first-order valence-electron chi connectivity index (χ1n) is 8.94. The van der Waals surface area contributed by atoms with Gasteiger partial charge >= 0.3 is 12.0 Å². The van der Waals surface area contributed by atoms with Gasteiger partial charge < -0.3 is 19.5 Å². The van der Waals surface area contributed by atoms with E-state index in [0.29, 0.717) is 11.5 Å². The number of ether oxygens (including phenoxy) is 3. The van der Waals surface area contributed by atoms with Crippen molar-refractivity contribution in [1.29, 1.82) is 0 Å². The summed E-state index contributed by atoms with van der Waals surface area (Å²) in [6, 6.07) is 4.02. The maximum absolute atomic E-state index is 12.0. The van der Waals surface area contributed by atoms with Gasteiger partial charge in [-0.25, -0.2) is 9.59 Å². The van der Waals surface area contributed by atoms with Gasteiger partial charge in [-0.3, -0.25) is 10.1 Å². The van der Waals surface area contributed by atoms with Crippen molar-refractivity contribution in [3.8, 4) is 11.5 Å². The van der Waals surface area contributed by atoms with E-state index in [1.165, 1.54) is 38.8 Å². The Bertz CT molecular complexity index is 691. The predicted octanol–water partition coefficient (Wildman–Crippen LogP) is 2.27. The third-order valence-corrected chi connectivity index (χ3v) is 4.62. The van der Waals surface area contributed by atoms with Crippen LogP contribution in [0.1, 0.15) is 43.0 Å². The van der Waals surface area contributed by atoms with Gasteiger partial charge in [0.15, 0.2) is 18.1 Å². The van der Waals surface area contributed by atoms with Crippen LogP contribution >= 0.6 is 0 Å². The molecule has 8 heteroatoms.